The smallest absolute Gasteiger partial charge is 0.332 e. The van der Waals surface area contributed by atoms with Crippen molar-refractivity contribution in [2.24, 2.45) is 14.1 Å². The maximum Gasteiger partial charge on any atom is 0.332 e. The fourth-order valence-electron chi connectivity index (χ4n) is 2.20. The Kier molecular flexibility index (Phi) is 3.94. The van der Waals surface area contributed by atoms with Crippen LogP contribution in [0.4, 0.5) is 21.0 Å². The van der Waals surface area contributed by atoms with E-state index >= 15 is 0 Å². The van der Waals surface area contributed by atoms with Crippen molar-refractivity contribution < 1.29 is 4.39 Å². The summed E-state index contributed by atoms with van der Waals surface area (Å²) < 4.78 is 15.1. The lowest BCUT2D eigenvalue weighted by atomic mass is 10.2. The molecule has 0 amide bonds. The number of nitrogen functional groups attached to an aromatic ring is 1. The van der Waals surface area contributed by atoms with Gasteiger partial charge in [-0.2, -0.15) is 0 Å². The molecule has 0 aliphatic carbocycles. The molecule has 124 valence electrons. The molecule has 0 bridgehead atoms. The first kappa shape index (κ1) is 15.9. The molecule has 0 aliphatic heterocycles. The number of nitrogens with one attached hydrogen (secondary N) is 1. The summed E-state index contributed by atoms with van der Waals surface area (Å²) in [5.41, 5.74) is 6.12. The molecule has 7 nitrogen and oxygen atoms in total. The van der Waals surface area contributed by atoms with Gasteiger partial charge in [-0.05, 0) is 24.3 Å². The fraction of sp³-hybridized carbons (Fsp3) is 0.133. The van der Waals surface area contributed by atoms with Crippen molar-refractivity contribution in [2.75, 3.05) is 11.1 Å². The molecule has 0 saturated carbocycles. The van der Waals surface area contributed by atoms with Crippen molar-refractivity contribution in [3.05, 3.63) is 56.3 Å². The van der Waals surface area contributed by atoms with Crippen LogP contribution in [0.1, 0.15) is 0 Å². The average molecular weight is 347 g/mol. The summed E-state index contributed by atoms with van der Waals surface area (Å²) in [6, 6.07) is 5.82. The summed E-state index contributed by atoms with van der Waals surface area (Å²) in [4.78, 5) is 28.5. The Hall–Kier alpha value is -2.94. The molecule has 24 heavy (non-hydrogen) atoms. The second-order valence-electron chi connectivity index (χ2n) is 5.14. The van der Waals surface area contributed by atoms with Crippen LogP contribution in [0.2, 0.25) is 0 Å². The number of rotatable bonds is 3. The van der Waals surface area contributed by atoms with Gasteiger partial charge in [0.2, 0.25) is 0 Å². The molecule has 0 radical (unpaired) electrons. The minimum atomic E-state index is -0.505. The van der Waals surface area contributed by atoms with Crippen LogP contribution in [0.3, 0.4) is 0 Å². The van der Waals surface area contributed by atoms with Crippen LogP contribution in [-0.2, 0) is 14.1 Å². The molecule has 2 heterocycles. The van der Waals surface area contributed by atoms with Crippen LogP contribution in [0, 0.1) is 5.82 Å². The molecular weight excluding hydrogens is 333 g/mol. The van der Waals surface area contributed by atoms with Crippen LogP contribution in [-0.4, -0.2) is 14.1 Å². The van der Waals surface area contributed by atoms with Gasteiger partial charge in [-0.25, -0.2) is 14.2 Å². The topological polar surface area (TPSA) is 94.9 Å². The lowest BCUT2D eigenvalue weighted by molar-refractivity contribution is 0.628. The van der Waals surface area contributed by atoms with Crippen LogP contribution >= 0.6 is 11.3 Å². The third kappa shape index (κ3) is 2.69. The van der Waals surface area contributed by atoms with Gasteiger partial charge in [-0.1, -0.05) is 0 Å². The largest absolute Gasteiger partial charge is 0.384 e. The van der Waals surface area contributed by atoms with Gasteiger partial charge in [0.05, 0.1) is 5.69 Å². The van der Waals surface area contributed by atoms with E-state index in [4.69, 9.17) is 5.73 Å². The van der Waals surface area contributed by atoms with E-state index in [0.717, 1.165) is 4.57 Å². The summed E-state index contributed by atoms with van der Waals surface area (Å²) in [5, 5.41) is 5.21. The van der Waals surface area contributed by atoms with E-state index in [1.165, 1.54) is 42.1 Å². The summed E-state index contributed by atoms with van der Waals surface area (Å²) in [7, 11) is 2.88. The standard InChI is InChI=1S/C15H14FN5O2S/c1-20-12(17)11(13(22)21(2)15(20)23)10-7-24-14(19-10)18-9-5-3-8(16)4-6-9/h3-7H,17H2,1-2H3,(H,18,19). The number of nitrogens with zero attached hydrogens (tertiary/aromatic N) is 3. The second-order valence-corrected chi connectivity index (χ2v) is 5.99. The normalized spacial score (nSPS) is 10.8. The first-order valence-electron chi connectivity index (χ1n) is 6.92. The van der Waals surface area contributed by atoms with E-state index in [0.29, 0.717) is 16.5 Å². The van der Waals surface area contributed by atoms with Crippen molar-refractivity contribution in [3.8, 4) is 11.3 Å². The number of halogens is 1. The van der Waals surface area contributed by atoms with Gasteiger partial charge in [-0.3, -0.25) is 13.9 Å². The third-order valence-electron chi connectivity index (χ3n) is 3.57. The molecule has 0 atom stereocenters. The molecule has 0 unspecified atom stereocenters. The van der Waals surface area contributed by atoms with Crippen LogP contribution < -0.4 is 22.3 Å². The molecule has 3 rings (SSSR count). The quantitative estimate of drug-likeness (QED) is 0.751. The molecule has 0 saturated heterocycles. The number of aromatic nitrogens is 3. The van der Waals surface area contributed by atoms with Gasteiger partial charge in [0, 0.05) is 25.2 Å². The molecule has 3 aromatic rings. The molecule has 0 fully saturated rings. The van der Waals surface area contributed by atoms with Crippen molar-refractivity contribution in [1.29, 1.82) is 0 Å². The Labute approximate surface area is 139 Å². The van der Waals surface area contributed by atoms with E-state index in [-0.39, 0.29) is 17.2 Å². The van der Waals surface area contributed by atoms with Gasteiger partial charge in [0.15, 0.2) is 5.13 Å². The van der Waals surface area contributed by atoms with E-state index in [9.17, 15) is 14.0 Å². The number of thiazole rings is 1. The maximum absolute atomic E-state index is 12.9. The number of hydrogen-bond donors (Lipinski definition) is 2. The minimum Gasteiger partial charge on any atom is -0.384 e. The zero-order valence-electron chi connectivity index (χ0n) is 12.9. The van der Waals surface area contributed by atoms with Crippen molar-refractivity contribution in [3.63, 3.8) is 0 Å². The van der Waals surface area contributed by atoms with Crippen molar-refractivity contribution in [1.82, 2.24) is 14.1 Å². The molecule has 0 spiro atoms. The lowest BCUT2D eigenvalue weighted by Gasteiger charge is -2.09. The van der Waals surface area contributed by atoms with Crippen LogP contribution in [0.15, 0.2) is 39.2 Å². The number of hydrogen-bond acceptors (Lipinski definition) is 6. The number of anilines is 3. The predicted octanol–water partition coefficient (Wildman–Crippen LogP) is 1.67. The first-order valence-corrected chi connectivity index (χ1v) is 7.80. The highest BCUT2D eigenvalue weighted by Gasteiger charge is 2.17. The van der Waals surface area contributed by atoms with Crippen LogP contribution in [0.25, 0.3) is 11.3 Å². The minimum absolute atomic E-state index is 0.0572. The Bertz CT molecular complexity index is 1020. The highest BCUT2D eigenvalue weighted by atomic mass is 32.1. The van der Waals surface area contributed by atoms with Gasteiger partial charge >= 0.3 is 5.69 Å². The molecule has 1 aromatic carbocycles. The van der Waals surface area contributed by atoms with E-state index in [1.807, 2.05) is 0 Å². The van der Waals surface area contributed by atoms with Gasteiger partial charge in [-0.15, -0.1) is 11.3 Å². The Morgan fingerprint density at radius 2 is 1.83 bits per heavy atom. The molecule has 0 aliphatic rings. The Balaban J connectivity index is 2.01. The number of benzene rings is 1. The molecule has 3 N–H and O–H groups in total. The van der Waals surface area contributed by atoms with Crippen molar-refractivity contribution >= 4 is 28.0 Å². The summed E-state index contributed by atoms with van der Waals surface area (Å²) in [6.45, 7) is 0. The summed E-state index contributed by atoms with van der Waals surface area (Å²) in [5.74, 6) is -0.274. The first-order chi connectivity index (χ1) is 11.4. The summed E-state index contributed by atoms with van der Waals surface area (Å²) >= 11 is 1.27. The van der Waals surface area contributed by atoms with E-state index in [1.54, 1.807) is 17.5 Å². The zero-order chi connectivity index (χ0) is 17.4. The second kappa shape index (κ2) is 5.93. The highest BCUT2D eigenvalue weighted by molar-refractivity contribution is 7.14. The predicted molar refractivity (Wildman–Crippen MR) is 92.1 cm³/mol. The van der Waals surface area contributed by atoms with Crippen molar-refractivity contribution in [2.45, 2.75) is 0 Å². The lowest BCUT2D eigenvalue weighted by Crippen LogP contribution is -2.39. The van der Waals surface area contributed by atoms with E-state index < -0.39 is 11.2 Å². The SMILES string of the molecule is Cn1c(N)c(-c2csc(Nc3ccc(F)cc3)n2)c(=O)n(C)c1=O. The highest BCUT2D eigenvalue weighted by Crippen LogP contribution is 2.27. The average Bonchev–Trinajstić information content (AvgIpc) is 3.01. The Morgan fingerprint density at radius 1 is 1.17 bits per heavy atom. The third-order valence-corrected chi connectivity index (χ3v) is 4.32. The van der Waals surface area contributed by atoms with E-state index in [2.05, 4.69) is 10.3 Å². The zero-order valence-corrected chi connectivity index (χ0v) is 13.7. The van der Waals surface area contributed by atoms with Gasteiger partial charge in [0.25, 0.3) is 5.56 Å². The van der Waals surface area contributed by atoms with Crippen LogP contribution in [0.5, 0.6) is 0 Å². The Morgan fingerprint density at radius 3 is 2.50 bits per heavy atom. The summed E-state index contributed by atoms with van der Waals surface area (Å²) in [6.07, 6.45) is 0. The molecule has 9 heteroatoms. The van der Waals surface area contributed by atoms with Gasteiger partial charge in [0.1, 0.15) is 17.2 Å². The monoisotopic (exact) mass is 347 g/mol. The fourth-order valence-corrected chi connectivity index (χ4v) is 2.92. The molecular formula is C15H14FN5O2S. The number of nitrogens with two attached hydrogens (primary N) is 1. The van der Waals surface area contributed by atoms with Gasteiger partial charge < -0.3 is 11.1 Å². The maximum atomic E-state index is 12.9. The molecule has 2 aromatic heterocycles.